The van der Waals surface area contributed by atoms with Gasteiger partial charge in [0.2, 0.25) is 5.91 Å². The second-order valence-electron chi connectivity index (χ2n) is 7.84. The number of benzene rings is 2. The maximum Gasteiger partial charge on any atom is 0.254 e. The van der Waals surface area contributed by atoms with E-state index in [1.54, 1.807) is 12.3 Å². The third-order valence-electron chi connectivity index (χ3n) is 5.62. The number of nitrogens with zero attached hydrogens (tertiary/aromatic N) is 1. The SMILES string of the molecule is CC1Cc2ccccc2N1Cc1occc1C(=O)NCCC(=O)NCc1ccccc1. The van der Waals surface area contributed by atoms with E-state index in [1.807, 2.05) is 36.4 Å². The number of carbonyl (C=O) groups excluding carboxylic acids is 2. The summed E-state index contributed by atoms with van der Waals surface area (Å²) in [6.45, 7) is 3.46. The highest BCUT2D eigenvalue weighted by Gasteiger charge is 2.27. The molecule has 0 fully saturated rings. The molecule has 2 N–H and O–H groups in total. The molecule has 1 aliphatic heterocycles. The van der Waals surface area contributed by atoms with Crippen molar-refractivity contribution >= 4 is 17.5 Å². The summed E-state index contributed by atoms with van der Waals surface area (Å²) in [7, 11) is 0. The topological polar surface area (TPSA) is 74.6 Å². The van der Waals surface area contributed by atoms with Gasteiger partial charge >= 0.3 is 0 Å². The van der Waals surface area contributed by atoms with E-state index in [0.29, 0.717) is 30.5 Å². The third kappa shape index (κ3) is 4.97. The summed E-state index contributed by atoms with van der Waals surface area (Å²) in [6, 6.07) is 20.1. The number of para-hydroxylation sites is 1. The molecule has 6 nitrogen and oxygen atoms in total. The van der Waals surface area contributed by atoms with Crippen LogP contribution >= 0.6 is 0 Å². The van der Waals surface area contributed by atoms with E-state index in [9.17, 15) is 9.59 Å². The predicted molar refractivity (Wildman–Crippen MR) is 120 cm³/mol. The quantitative estimate of drug-likeness (QED) is 0.587. The first-order valence-electron chi connectivity index (χ1n) is 10.6. The van der Waals surface area contributed by atoms with Crippen LogP contribution in [-0.2, 0) is 24.3 Å². The van der Waals surface area contributed by atoms with Crippen LogP contribution in [0.5, 0.6) is 0 Å². The van der Waals surface area contributed by atoms with E-state index < -0.39 is 0 Å². The zero-order valence-electron chi connectivity index (χ0n) is 17.6. The molecule has 1 atom stereocenters. The van der Waals surface area contributed by atoms with E-state index >= 15 is 0 Å². The molecule has 0 bridgehead atoms. The molecule has 0 saturated carbocycles. The van der Waals surface area contributed by atoms with Crippen molar-refractivity contribution in [2.24, 2.45) is 0 Å². The van der Waals surface area contributed by atoms with Crippen LogP contribution in [0.1, 0.15) is 40.6 Å². The van der Waals surface area contributed by atoms with Gasteiger partial charge in [-0.05, 0) is 36.6 Å². The summed E-state index contributed by atoms with van der Waals surface area (Å²) in [5.74, 6) is 0.313. The predicted octanol–water partition coefficient (Wildman–Crippen LogP) is 3.67. The Morgan fingerprint density at radius 2 is 1.81 bits per heavy atom. The van der Waals surface area contributed by atoms with Crippen LogP contribution in [0.3, 0.4) is 0 Å². The maximum absolute atomic E-state index is 12.7. The van der Waals surface area contributed by atoms with Crippen molar-refractivity contribution in [1.29, 1.82) is 0 Å². The van der Waals surface area contributed by atoms with Crippen molar-refractivity contribution in [2.45, 2.75) is 38.9 Å². The lowest BCUT2D eigenvalue weighted by Crippen LogP contribution is -2.32. The van der Waals surface area contributed by atoms with Crippen molar-refractivity contribution in [3.05, 3.63) is 89.4 Å². The van der Waals surface area contributed by atoms with Gasteiger partial charge in [-0.15, -0.1) is 0 Å². The molecule has 2 aromatic carbocycles. The van der Waals surface area contributed by atoms with Crippen LogP contribution < -0.4 is 15.5 Å². The largest absolute Gasteiger partial charge is 0.467 e. The number of carbonyl (C=O) groups is 2. The van der Waals surface area contributed by atoms with Crippen LogP contribution in [0.25, 0.3) is 0 Å². The van der Waals surface area contributed by atoms with Gasteiger partial charge in [-0.25, -0.2) is 0 Å². The van der Waals surface area contributed by atoms with Gasteiger partial charge in [-0.1, -0.05) is 48.5 Å². The molecule has 1 unspecified atom stereocenters. The van der Waals surface area contributed by atoms with E-state index in [0.717, 1.165) is 12.0 Å². The van der Waals surface area contributed by atoms with Gasteiger partial charge < -0.3 is 20.0 Å². The number of hydrogen-bond acceptors (Lipinski definition) is 4. The standard InChI is InChI=1S/C25H27N3O3/c1-18-15-20-9-5-6-10-22(20)28(18)17-23-21(12-14-31-23)25(30)26-13-11-24(29)27-16-19-7-3-2-4-8-19/h2-10,12,14,18H,11,13,15-17H2,1H3,(H,26,30)(H,27,29). The summed E-state index contributed by atoms with van der Waals surface area (Å²) >= 11 is 0. The van der Waals surface area contributed by atoms with Crippen LogP contribution in [0.15, 0.2) is 71.3 Å². The van der Waals surface area contributed by atoms with Crippen LogP contribution in [-0.4, -0.2) is 24.4 Å². The Morgan fingerprint density at radius 1 is 1.03 bits per heavy atom. The van der Waals surface area contributed by atoms with Gasteiger partial charge in [-0.2, -0.15) is 0 Å². The third-order valence-corrected chi connectivity index (χ3v) is 5.62. The van der Waals surface area contributed by atoms with Crippen molar-refractivity contribution in [2.75, 3.05) is 11.4 Å². The second kappa shape index (κ2) is 9.51. The van der Waals surface area contributed by atoms with Gasteiger partial charge in [-0.3, -0.25) is 9.59 Å². The Kier molecular flexibility index (Phi) is 6.36. The molecule has 1 aliphatic rings. The lowest BCUT2D eigenvalue weighted by atomic mass is 10.1. The smallest absolute Gasteiger partial charge is 0.254 e. The molecule has 160 valence electrons. The molecule has 0 radical (unpaired) electrons. The minimum absolute atomic E-state index is 0.0981. The van der Waals surface area contributed by atoms with Crippen molar-refractivity contribution in [1.82, 2.24) is 10.6 Å². The van der Waals surface area contributed by atoms with Crippen molar-refractivity contribution in [3.8, 4) is 0 Å². The van der Waals surface area contributed by atoms with Crippen LogP contribution in [0, 0.1) is 0 Å². The number of anilines is 1. The molecular formula is C25H27N3O3. The van der Waals surface area contributed by atoms with Gasteiger partial charge in [0.25, 0.3) is 5.91 Å². The number of furan rings is 1. The van der Waals surface area contributed by atoms with E-state index in [1.165, 1.54) is 11.3 Å². The molecule has 3 aromatic rings. The molecule has 6 heteroatoms. The highest BCUT2D eigenvalue weighted by Crippen LogP contribution is 2.33. The van der Waals surface area contributed by atoms with Crippen LogP contribution in [0.4, 0.5) is 5.69 Å². The average Bonchev–Trinajstić information content (AvgIpc) is 3.37. The van der Waals surface area contributed by atoms with Gasteiger partial charge in [0.15, 0.2) is 0 Å². The molecule has 2 amide bonds. The Bertz CT molecular complexity index is 1040. The van der Waals surface area contributed by atoms with E-state index in [2.05, 4.69) is 40.7 Å². The van der Waals surface area contributed by atoms with E-state index in [4.69, 9.17) is 4.42 Å². The number of rotatable bonds is 8. The summed E-state index contributed by atoms with van der Waals surface area (Å²) in [5, 5.41) is 5.70. The number of nitrogens with one attached hydrogen (secondary N) is 2. The maximum atomic E-state index is 12.7. The van der Waals surface area contributed by atoms with Crippen LogP contribution in [0.2, 0.25) is 0 Å². The van der Waals surface area contributed by atoms with Gasteiger partial charge in [0.05, 0.1) is 18.4 Å². The molecule has 0 spiro atoms. The molecule has 2 heterocycles. The average molecular weight is 418 g/mol. The monoisotopic (exact) mass is 417 g/mol. The fourth-order valence-corrected chi connectivity index (χ4v) is 3.96. The highest BCUT2D eigenvalue weighted by atomic mass is 16.3. The molecular weight excluding hydrogens is 390 g/mol. The first-order chi connectivity index (χ1) is 15.1. The first-order valence-corrected chi connectivity index (χ1v) is 10.6. The molecule has 31 heavy (non-hydrogen) atoms. The van der Waals surface area contributed by atoms with Gasteiger partial charge in [0.1, 0.15) is 5.76 Å². The Morgan fingerprint density at radius 3 is 2.65 bits per heavy atom. The summed E-state index contributed by atoms with van der Waals surface area (Å²) in [5.41, 5.74) is 4.06. The number of fused-ring (bicyclic) bond motifs is 1. The number of amides is 2. The summed E-state index contributed by atoms with van der Waals surface area (Å²) < 4.78 is 5.64. The normalized spacial score (nSPS) is 14.9. The fourth-order valence-electron chi connectivity index (χ4n) is 3.96. The molecule has 1 aromatic heterocycles. The lowest BCUT2D eigenvalue weighted by molar-refractivity contribution is -0.121. The molecule has 4 rings (SSSR count). The zero-order valence-corrected chi connectivity index (χ0v) is 17.6. The first kappa shape index (κ1) is 20.7. The lowest BCUT2D eigenvalue weighted by Gasteiger charge is -2.24. The zero-order chi connectivity index (χ0) is 21.6. The fraction of sp³-hybridized carbons (Fsp3) is 0.280. The Hall–Kier alpha value is -3.54. The molecule has 0 saturated heterocycles. The summed E-state index contributed by atoms with van der Waals surface area (Å²) in [6.07, 6.45) is 2.75. The van der Waals surface area contributed by atoms with Gasteiger partial charge in [0, 0.05) is 31.2 Å². The van der Waals surface area contributed by atoms with E-state index in [-0.39, 0.29) is 24.8 Å². The Labute approximate surface area is 182 Å². The Balaban J connectivity index is 1.28. The summed E-state index contributed by atoms with van der Waals surface area (Å²) in [4.78, 5) is 27.0. The van der Waals surface area contributed by atoms with Crippen molar-refractivity contribution in [3.63, 3.8) is 0 Å². The minimum Gasteiger partial charge on any atom is -0.467 e. The minimum atomic E-state index is -0.222. The van der Waals surface area contributed by atoms with Crippen molar-refractivity contribution < 1.29 is 14.0 Å². The second-order valence-corrected chi connectivity index (χ2v) is 7.84. The number of hydrogen-bond donors (Lipinski definition) is 2. The molecule has 0 aliphatic carbocycles. The highest BCUT2D eigenvalue weighted by molar-refractivity contribution is 5.95.